The van der Waals surface area contributed by atoms with E-state index in [9.17, 15) is 14.7 Å². The summed E-state index contributed by atoms with van der Waals surface area (Å²) in [6.45, 7) is 6.38. The number of anilines is 2. The predicted octanol–water partition coefficient (Wildman–Crippen LogP) is 5.09. The van der Waals surface area contributed by atoms with E-state index in [1.807, 2.05) is 62.0 Å². The van der Waals surface area contributed by atoms with Gasteiger partial charge in [-0.2, -0.15) is 5.26 Å². The molecule has 2 aromatic carbocycles. The Kier molecular flexibility index (Phi) is 9.17. The van der Waals surface area contributed by atoms with Gasteiger partial charge in [0.2, 0.25) is 0 Å². The van der Waals surface area contributed by atoms with Crippen molar-refractivity contribution in [2.24, 2.45) is 7.05 Å². The fourth-order valence-electron chi connectivity index (χ4n) is 5.68. The lowest BCUT2D eigenvalue weighted by Crippen LogP contribution is -2.28. The third-order valence-corrected chi connectivity index (χ3v) is 8.60. The molecule has 2 aromatic heterocycles. The van der Waals surface area contributed by atoms with Gasteiger partial charge in [-0.15, -0.1) is 0 Å². The van der Waals surface area contributed by atoms with Crippen LogP contribution in [0.5, 0.6) is 5.75 Å². The van der Waals surface area contributed by atoms with Crippen molar-refractivity contribution >= 4 is 34.8 Å². The third kappa shape index (κ3) is 6.33. The number of nitriles is 1. The van der Waals surface area contributed by atoms with Gasteiger partial charge in [0.25, 0.3) is 11.8 Å². The highest BCUT2D eigenvalue weighted by atomic mass is 35.5. The summed E-state index contributed by atoms with van der Waals surface area (Å²) in [6.07, 6.45) is 2.21. The van der Waals surface area contributed by atoms with Crippen molar-refractivity contribution in [2.75, 3.05) is 37.5 Å². The normalized spacial score (nSPS) is 13.1. The summed E-state index contributed by atoms with van der Waals surface area (Å²) in [5, 5.41) is 22.8. The van der Waals surface area contributed by atoms with Crippen molar-refractivity contribution in [1.82, 2.24) is 19.4 Å². The molecule has 238 valence electrons. The first-order valence-corrected chi connectivity index (χ1v) is 15.1. The number of pyridine rings is 1. The highest BCUT2D eigenvalue weighted by Crippen LogP contribution is 2.39. The standard InChI is InChI=1S/C34H36ClN7O4/c1-20-21(9-8-12-27(20)42(6)33(44)25-17-29(46-16-14-36)23(18-37-25)34(2,3)45)22-10-7-11-24(30(22)35)39-32(43)31-38-26-19-40(4)15-13-28(26)41(31)5/h7-12,17-18,45H,13,15-16,19H2,1-6H3,(H,39,43). The Hall–Kier alpha value is -4.76. The molecule has 1 aliphatic rings. The lowest BCUT2D eigenvalue weighted by Gasteiger charge is -2.24. The van der Waals surface area contributed by atoms with E-state index in [1.165, 1.54) is 17.2 Å². The van der Waals surface area contributed by atoms with Gasteiger partial charge in [-0.3, -0.25) is 14.6 Å². The van der Waals surface area contributed by atoms with Crippen LogP contribution in [0.3, 0.4) is 0 Å². The van der Waals surface area contributed by atoms with Crippen molar-refractivity contribution < 1.29 is 19.4 Å². The number of hydrogen-bond acceptors (Lipinski definition) is 8. The van der Waals surface area contributed by atoms with E-state index >= 15 is 0 Å². The van der Waals surface area contributed by atoms with Crippen LogP contribution < -0.4 is 15.0 Å². The maximum absolute atomic E-state index is 13.6. The van der Waals surface area contributed by atoms with Gasteiger partial charge >= 0.3 is 0 Å². The molecule has 5 rings (SSSR count). The topological polar surface area (TPSA) is 137 Å². The first-order chi connectivity index (χ1) is 21.8. The summed E-state index contributed by atoms with van der Waals surface area (Å²) >= 11 is 6.91. The van der Waals surface area contributed by atoms with Crippen LogP contribution in [0.4, 0.5) is 11.4 Å². The highest BCUT2D eigenvalue weighted by molar-refractivity contribution is 6.36. The lowest BCUT2D eigenvalue weighted by atomic mass is 9.97. The van der Waals surface area contributed by atoms with Crippen molar-refractivity contribution in [3.05, 3.63) is 87.7 Å². The molecule has 0 unspecified atom stereocenters. The molecule has 0 atom stereocenters. The number of carbonyl (C=O) groups excluding carboxylic acids is 2. The second-order valence-corrected chi connectivity index (χ2v) is 12.3. The molecule has 0 spiro atoms. The second kappa shape index (κ2) is 12.9. The summed E-state index contributed by atoms with van der Waals surface area (Å²) in [5.41, 5.74) is 4.40. The Morgan fingerprint density at radius 1 is 1.20 bits per heavy atom. The molecule has 0 aliphatic carbocycles. The number of amides is 2. The molecule has 0 bridgehead atoms. The fraction of sp³-hybridized carbons (Fsp3) is 0.324. The first-order valence-electron chi connectivity index (χ1n) is 14.7. The van der Waals surface area contributed by atoms with Crippen LogP contribution in [-0.2, 0) is 25.6 Å². The third-order valence-electron chi connectivity index (χ3n) is 8.19. The van der Waals surface area contributed by atoms with Crippen LogP contribution in [0.25, 0.3) is 11.1 Å². The Labute approximate surface area is 273 Å². The molecular formula is C34H36ClN7O4. The van der Waals surface area contributed by atoms with E-state index in [4.69, 9.17) is 21.6 Å². The van der Waals surface area contributed by atoms with Crippen LogP contribution in [0.15, 0.2) is 48.7 Å². The largest absolute Gasteiger partial charge is 0.478 e. The van der Waals surface area contributed by atoms with Gasteiger partial charge in [-0.05, 0) is 51.1 Å². The van der Waals surface area contributed by atoms with Crippen LogP contribution in [-0.4, -0.2) is 63.6 Å². The Morgan fingerprint density at radius 2 is 1.91 bits per heavy atom. The zero-order valence-corrected chi connectivity index (χ0v) is 27.4. The van der Waals surface area contributed by atoms with Gasteiger partial charge in [-0.1, -0.05) is 35.9 Å². The molecular weight excluding hydrogens is 606 g/mol. The number of nitrogens with zero attached hydrogens (tertiary/aromatic N) is 6. The van der Waals surface area contributed by atoms with E-state index in [2.05, 4.69) is 20.2 Å². The number of aromatic nitrogens is 3. The number of ether oxygens (including phenoxy) is 1. The number of fused-ring (bicyclic) bond motifs is 1. The number of likely N-dealkylation sites (N-methyl/N-ethyl adjacent to an activating group) is 1. The Balaban J connectivity index is 1.42. The molecule has 0 radical (unpaired) electrons. The van der Waals surface area contributed by atoms with Crippen molar-refractivity contribution in [3.8, 4) is 22.9 Å². The van der Waals surface area contributed by atoms with Gasteiger partial charge in [0.05, 0.1) is 22.0 Å². The predicted molar refractivity (Wildman–Crippen MR) is 176 cm³/mol. The quantitative estimate of drug-likeness (QED) is 0.272. The van der Waals surface area contributed by atoms with Crippen molar-refractivity contribution in [2.45, 2.75) is 39.3 Å². The molecule has 46 heavy (non-hydrogen) atoms. The molecule has 12 heteroatoms. The van der Waals surface area contributed by atoms with Gasteiger partial charge < -0.3 is 29.5 Å². The van der Waals surface area contributed by atoms with Gasteiger partial charge in [0.1, 0.15) is 17.5 Å². The van der Waals surface area contributed by atoms with Crippen LogP contribution >= 0.6 is 11.6 Å². The van der Waals surface area contributed by atoms with E-state index < -0.39 is 11.5 Å². The molecule has 0 saturated carbocycles. The van der Waals surface area contributed by atoms with E-state index in [0.717, 1.165) is 35.5 Å². The zero-order valence-electron chi connectivity index (χ0n) is 26.7. The SMILES string of the molecule is Cc1c(-c2cccc(NC(=O)c3nc4c(n3C)CCN(C)C4)c2Cl)cccc1N(C)C(=O)c1cc(OCC#N)c(C(C)(C)O)cn1. The maximum atomic E-state index is 13.6. The number of hydrogen-bond donors (Lipinski definition) is 2. The summed E-state index contributed by atoms with van der Waals surface area (Å²) in [5.74, 6) is -0.239. The number of benzene rings is 2. The number of nitrogens with one attached hydrogen (secondary N) is 1. The van der Waals surface area contributed by atoms with Crippen LogP contribution in [0.1, 0.15) is 57.5 Å². The minimum absolute atomic E-state index is 0.0820. The fourth-order valence-corrected chi connectivity index (χ4v) is 5.95. The molecule has 2 N–H and O–H groups in total. The van der Waals surface area contributed by atoms with Gasteiger partial charge in [-0.25, -0.2) is 4.98 Å². The highest BCUT2D eigenvalue weighted by Gasteiger charge is 2.27. The lowest BCUT2D eigenvalue weighted by molar-refractivity contribution is 0.0745. The molecule has 1 aliphatic heterocycles. The van der Waals surface area contributed by atoms with Crippen LogP contribution in [0.2, 0.25) is 5.02 Å². The number of halogens is 1. The molecule has 2 amide bonds. The first kappa shape index (κ1) is 32.6. The summed E-state index contributed by atoms with van der Waals surface area (Å²) in [4.78, 5) is 39.5. The molecule has 0 fully saturated rings. The van der Waals surface area contributed by atoms with E-state index in [-0.39, 0.29) is 24.0 Å². The number of rotatable bonds is 8. The molecule has 3 heterocycles. The summed E-state index contributed by atoms with van der Waals surface area (Å²) in [7, 11) is 5.52. The number of imidazole rings is 1. The minimum Gasteiger partial charge on any atom is -0.478 e. The molecule has 0 saturated heterocycles. The number of aliphatic hydroxyl groups is 1. The van der Waals surface area contributed by atoms with Crippen molar-refractivity contribution in [1.29, 1.82) is 5.26 Å². The number of carbonyl (C=O) groups is 2. The van der Waals surface area contributed by atoms with E-state index in [1.54, 1.807) is 27.0 Å². The van der Waals surface area contributed by atoms with Gasteiger partial charge in [0.15, 0.2) is 12.4 Å². The average Bonchev–Trinajstić information content (AvgIpc) is 3.35. The Bertz CT molecular complexity index is 1870. The van der Waals surface area contributed by atoms with Gasteiger partial charge in [0, 0.05) is 68.4 Å². The summed E-state index contributed by atoms with van der Waals surface area (Å²) < 4.78 is 7.37. The second-order valence-electron chi connectivity index (χ2n) is 11.9. The zero-order chi connectivity index (χ0) is 33.3. The van der Waals surface area contributed by atoms with E-state index in [0.29, 0.717) is 39.9 Å². The smallest absolute Gasteiger partial charge is 0.291 e. The average molecular weight is 642 g/mol. The summed E-state index contributed by atoms with van der Waals surface area (Å²) in [6, 6.07) is 14.3. The monoisotopic (exact) mass is 641 g/mol. The minimum atomic E-state index is -1.29. The maximum Gasteiger partial charge on any atom is 0.291 e. The van der Waals surface area contributed by atoms with Crippen molar-refractivity contribution in [3.63, 3.8) is 0 Å². The molecule has 4 aromatic rings. The molecule has 11 nitrogen and oxygen atoms in total. The Morgan fingerprint density at radius 3 is 2.63 bits per heavy atom. The van der Waals surface area contributed by atoms with Crippen LogP contribution in [0, 0.1) is 18.3 Å².